The van der Waals surface area contributed by atoms with Crippen molar-refractivity contribution in [3.05, 3.63) is 45.4 Å². The fourth-order valence-electron chi connectivity index (χ4n) is 1.16. The largest absolute Gasteiger partial charge is 0.486 e. The highest BCUT2D eigenvalue weighted by molar-refractivity contribution is 7.16. The van der Waals surface area contributed by atoms with E-state index in [1.807, 2.05) is 24.3 Å². The fraction of sp³-hybridized carbons (Fsp3) is 0.182. The molecule has 0 aliphatic carbocycles. The molecule has 0 aliphatic rings. The summed E-state index contributed by atoms with van der Waals surface area (Å²) in [4.78, 5) is 5.22. The second-order valence-corrected chi connectivity index (χ2v) is 5.18. The Morgan fingerprint density at radius 1 is 1.25 bits per heavy atom. The Morgan fingerprint density at radius 3 is 2.69 bits per heavy atom. The quantitative estimate of drug-likeness (QED) is 0.782. The Kier molecular flexibility index (Phi) is 4.04. The van der Waals surface area contributed by atoms with Crippen LogP contribution >= 0.6 is 34.5 Å². The van der Waals surface area contributed by atoms with E-state index in [9.17, 15) is 0 Å². The van der Waals surface area contributed by atoms with E-state index in [1.54, 1.807) is 6.20 Å². The van der Waals surface area contributed by atoms with Gasteiger partial charge >= 0.3 is 0 Å². The summed E-state index contributed by atoms with van der Waals surface area (Å²) < 4.78 is 6.32. The number of halogens is 2. The average molecular weight is 274 g/mol. The van der Waals surface area contributed by atoms with Crippen LogP contribution in [0.4, 0.5) is 0 Å². The topological polar surface area (TPSA) is 22.1 Å². The third-order valence-electron chi connectivity index (χ3n) is 1.94. The molecule has 2 aromatic heterocycles. The van der Waals surface area contributed by atoms with Crippen LogP contribution in [-0.4, -0.2) is 4.98 Å². The van der Waals surface area contributed by atoms with E-state index in [-0.39, 0.29) is 0 Å². The maximum Gasteiger partial charge on any atom is 0.138 e. The van der Waals surface area contributed by atoms with Gasteiger partial charge in [-0.25, -0.2) is 0 Å². The molecule has 0 unspecified atom stereocenters. The smallest absolute Gasteiger partial charge is 0.138 e. The zero-order valence-corrected chi connectivity index (χ0v) is 10.6. The number of rotatable bonds is 4. The summed E-state index contributed by atoms with van der Waals surface area (Å²) >= 11 is 13.0. The molecular weight excluding hydrogens is 265 g/mol. The number of thiophene rings is 1. The first-order valence-corrected chi connectivity index (χ1v) is 6.39. The molecule has 0 fully saturated rings. The van der Waals surface area contributed by atoms with Gasteiger partial charge in [0.05, 0.1) is 22.1 Å². The number of nitrogens with zero attached hydrogens (tertiary/aromatic N) is 1. The van der Waals surface area contributed by atoms with E-state index < -0.39 is 0 Å². The molecule has 5 heteroatoms. The van der Waals surface area contributed by atoms with Crippen LogP contribution in [0, 0.1) is 0 Å². The van der Waals surface area contributed by atoms with Gasteiger partial charge in [0, 0.05) is 4.88 Å². The average Bonchev–Trinajstić information content (AvgIpc) is 2.73. The van der Waals surface area contributed by atoms with Gasteiger partial charge in [0.15, 0.2) is 0 Å². The number of alkyl halides is 1. The molecule has 0 saturated carbocycles. The van der Waals surface area contributed by atoms with Crippen molar-refractivity contribution in [3.8, 4) is 5.75 Å². The summed E-state index contributed by atoms with van der Waals surface area (Å²) in [6, 6.07) is 7.52. The third kappa shape index (κ3) is 3.11. The first-order chi connectivity index (χ1) is 7.78. The van der Waals surface area contributed by atoms with Gasteiger partial charge < -0.3 is 4.74 Å². The molecule has 0 spiro atoms. The number of pyridine rings is 1. The molecule has 0 N–H and O–H groups in total. The summed E-state index contributed by atoms with van der Waals surface area (Å²) in [5.41, 5.74) is 0.841. The molecule has 0 saturated heterocycles. The predicted molar refractivity (Wildman–Crippen MR) is 67.5 cm³/mol. The normalized spacial score (nSPS) is 10.4. The van der Waals surface area contributed by atoms with Crippen molar-refractivity contribution in [1.82, 2.24) is 4.98 Å². The van der Waals surface area contributed by atoms with E-state index in [1.165, 1.54) is 11.3 Å². The summed E-state index contributed by atoms with van der Waals surface area (Å²) in [5.74, 6) is 1.15. The van der Waals surface area contributed by atoms with Crippen molar-refractivity contribution in [2.45, 2.75) is 12.5 Å². The predicted octanol–water partition coefficient (Wildman–Crippen LogP) is 4.11. The van der Waals surface area contributed by atoms with Gasteiger partial charge in [-0.05, 0) is 24.3 Å². The minimum atomic E-state index is 0.417. The molecule has 2 nitrogen and oxygen atoms in total. The lowest BCUT2D eigenvalue weighted by atomic mass is 10.4. The number of hydrogen-bond donors (Lipinski definition) is 0. The van der Waals surface area contributed by atoms with Crippen molar-refractivity contribution in [2.75, 3.05) is 0 Å². The molecule has 2 rings (SSSR count). The highest BCUT2D eigenvalue weighted by atomic mass is 35.5. The Hall–Kier alpha value is -0.770. The lowest BCUT2D eigenvalue weighted by Gasteiger charge is -2.04. The Morgan fingerprint density at radius 2 is 2.12 bits per heavy atom. The van der Waals surface area contributed by atoms with Crippen LogP contribution in [0.15, 0.2) is 30.5 Å². The second kappa shape index (κ2) is 5.53. The van der Waals surface area contributed by atoms with Gasteiger partial charge in [0.25, 0.3) is 0 Å². The molecule has 84 valence electrons. The lowest BCUT2D eigenvalue weighted by Crippen LogP contribution is -1.94. The van der Waals surface area contributed by atoms with Crippen LogP contribution in [0.25, 0.3) is 0 Å². The minimum Gasteiger partial charge on any atom is -0.486 e. The minimum absolute atomic E-state index is 0.417. The van der Waals surface area contributed by atoms with E-state index in [0.717, 1.165) is 20.7 Å². The van der Waals surface area contributed by atoms with Crippen LogP contribution in [0.1, 0.15) is 10.6 Å². The molecule has 16 heavy (non-hydrogen) atoms. The van der Waals surface area contributed by atoms with Gasteiger partial charge in [-0.3, -0.25) is 4.98 Å². The van der Waals surface area contributed by atoms with Crippen LogP contribution < -0.4 is 4.74 Å². The van der Waals surface area contributed by atoms with Crippen LogP contribution in [-0.2, 0) is 12.5 Å². The highest BCUT2D eigenvalue weighted by Gasteiger charge is 2.00. The Labute approximate surface area is 108 Å². The number of aromatic nitrogens is 1. The number of ether oxygens (including phenoxy) is 1. The third-order valence-corrected chi connectivity index (χ3v) is 3.42. The summed E-state index contributed by atoms with van der Waals surface area (Å²) in [5, 5.41) is 0. The molecule has 0 atom stereocenters. The molecule has 2 aromatic rings. The number of hydrogen-bond acceptors (Lipinski definition) is 3. The van der Waals surface area contributed by atoms with E-state index in [0.29, 0.717) is 12.5 Å². The molecule has 0 bridgehead atoms. The molecule has 0 aliphatic heterocycles. The van der Waals surface area contributed by atoms with Crippen molar-refractivity contribution in [1.29, 1.82) is 0 Å². The zero-order valence-electron chi connectivity index (χ0n) is 8.32. The van der Waals surface area contributed by atoms with Gasteiger partial charge in [-0.2, -0.15) is 0 Å². The summed E-state index contributed by atoms with van der Waals surface area (Å²) in [6.45, 7) is 0.513. The molecule has 0 radical (unpaired) electrons. The van der Waals surface area contributed by atoms with Gasteiger partial charge in [0.2, 0.25) is 0 Å². The second-order valence-electron chi connectivity index (χ2n) is 3.11. The SMILES string of the molecule is ClCc1ccc(OCc2ccc(Cl)s2)cn1. The van der Waals surface area contributed by atoms with Crippen LogP contribution in [0.5, 0.6) is 5.75 Å². The highest BCUT2D eigenvalue weighted by Crippen LogP contribution is 2.22. The summed E-state index contributed by atoms with van der Waals surface area (Å²) in [6.07, 6.45) is 1.67. The first-order valence-electron chi connectivity index (χ1n) is 4.66. The van der Waals surface area contributed by atoms with Crippen molar-refractivity contribution in [3.63, 3.8) is 0 Å². The summed E-state index contributed by atoms with van der Waals surface area (Å²) in [7, 11) is 0. The molecule has 0 amide bonds. The molecular formula is C11H9Cl2NOS. The van der Waals surface area contributed by atoms with E-state index in [4.69, 9.17) is 27.9 Å². The van der Waals surface area contributed by atoms with Gasteiger partial charge in [0.1, 0.15) is 12.4 Å². The van der Waals surface area contributed by atoms with Crippen molar-refractivity contribution in [2.24, 2.45) is 0 Å². The van der Waals surface area contributed by atoms with Crippen molar-refractivity contribution >= 4 is 34.5 Å². The van der Waals surface area contributed by atoms with E-state index in [2.05, 4.69) is 4.98 Å². The van der Waals surface area contributed by atoms with E-state index >= 15 is 0 Å². The molecule has 2 heterocycles. The Bertz CT molecular complexity index is 455. The zero-order chi connectivity index (χ0) is 11.4. The molecule has 0 aromatic carbocycles. The first kappa shape index (κ1) is 11.7. The fourth-order valence-corrected chi connectivity index (χ4v) is 2.32. The maximum absolute atomic E-state index is 5.82. The Balaban J connectivity index is 1.94. The van der Waals surface area contributed by atoms with Crippen molar-refractivity contribution < 1.29 is 4.74 Å². The standard InChI is InChI=1S/C11H9Cl2NOS/c12-5-8-1-2-9(6-14-8)15-7-10-3-4-11(13)16-10/h1-4,6H,5,7H2. The van der Waals surface area contributed by atoms with Crippen LogP contribution in [0.3, 0.4) is 0 Å². The monoisotopic (exact) mass is 273 g/mol. The van der Waals surface area contributed by atoms with Crippen LogP contribution in [0.2, 0.25) is 4.34 Å². The van der Waals surface area contributed by atoms with Gasteiger partial charge in [-0.15, -0.1) is 22.9 Å². The van der Waals surface area contributed by atoms with Gasteiger partial charge in [-0.1, -0.05) is 11.6 Å². The maximum atomic E-state index is 5.82. The lowest BCUT2D eigenvalue weighted by molar-refractivity contribution is 0.308.